The van der Waals surface area contributed by atoms with E-state index in [0.717, 1.165) is 31.6 Å². The average molecular weight is 182 g/mol. The molecular weight excluding hydrogens is 164 g/mol. The normalized spacial score (nSPS) is 42.6. The van der Waals surface area contributed by atoms with Gasteiger partial charge in [0.2, 0.25) is 0 Å². The molecule has 0 N–H and O–H groups in total. The lowest BCUT2D eigenvalue weighted by Crippen LogP contribution is -2.31. The first-order valence-electron chi connectivity index (χ1n) is 5.40. The molecule has 13 heavy (non-hydrogen) atoms. The zero-order chi connectivity index (χ0) is 9.47. The molecule has 1 aliphatic heterocycles. The Balaban J connectivity index is 1.97. The van der Waals surface area contributed by atoms with Gasteiger partial charge in [0.15, 0.2) is 11.4 Å². The number of fused-ring (bicyclic) bond motifs is 1. The van der Waals surface area contributed by atoms with Crippen LogP contribution in [0.5, 0.6) is 0 Å². The Labute approximate surface area is 79.7 Å². The molecule has 1 saturated heterocycles. The summed E-state index contributed by atoms with van der Waals surface area (Å²) in [5, 5.41) is 0. The molecule has 1 aliphatic carbocycles. The van der Waals surface area contributed by atoms with E-state index >= 15 is 0 Å². The van der Waals surface area contributed by atoms with Crippen molar-refractivity contribution in [1.29, 1.82) is 0 Å². The number of carbonyl (C=O) groups is 1. The van der Waals surface area contributed by atoms with Crippen LogP contribution >= 0.6 is 0 Å². The van der Waals surface area contributed by atoms with Crippen molar-refractivity contribution in [1.82, 2.24) is 0 Å². The van der Waals surface area contributed by atoms with Gasteiger partial charge in [-0.2, -0.15) is 0 Å². The van der Waals surface area contributed by atoms with Crippen LogP contribution in [0.2, 0.25) is 0 Å². The Morgan fingerprint density at radius 3 is 3.00 bits per heavy atom. The number of ketones is 1. The molecule has 0 aromatic heterocycles. The van der Waals surface area contributed by atoms with Gasteiger partial charge < -0.3 is 4.74 Å². The van der Waals surface area contributed by atoms with Gasteiger partial charge >= 0.3 is 0 Å². The van der Waals surface area contributed by atoms with Crippen LogP contribution in [0.3, 0.4) is 0 Å². The third-order valence-corrected chi connectivity index (χ3v) is 3.39. The maximum absolute atomic E-state index is 11.7. The highest BCUT2D eigenvalue weighted by molar-refractivity contribution is 5.90. The molecule has 2 fully saturated rings. The maximum Gasteiger partial charge on any atom is 0.167 e. The smallest absolute Gasteiger partial charge is 0.167 e. The molecule has 0 bridgehead atoms. The zero-order valence-corrected chi connectivity index (χ0v) is 8.51. The van der Waals surface area contributed by atoms with E-state index in [1.807, 2.05) is 0 Å². The van der Waals surface area contributed by atoms with E-state index in [2.05, 4.69) is 13.8 Å². The fraction of sp³-hybridized carbons (Fsp3) is 0.909. The van der Waals surface area contributed by atoms with Crippen molar-refractivity contribution in [3.05, 3.63) is 0 Å². The molecule has 0 aromatic rings. The van der Waals surface area contributed by atoms with E-state index < -0.39 is 0 Å². The number of rotatable bonds is 3. The molecule has 2 heteroatoms. The predicted octanol–water partition coefficient (Wildman–Crippen LogP) is 2.31. The molecule has 0 amide bonds. The third kappa shape index (κ3) is 1.41. The predicted molar refractivity (Wildman–Crippen MR) is 50.5 cm³/mol. The van der Waals surface area contributed by atoms with Crippen molar-refractivity contribution in [2.75, 3.05) is 0 Å². The van der Waals surface area contributed by atoms with Gasteiger partial charge in [0.1, 0.15) is 0 Å². The molecule has 2 rings (SSSR count). The number of Topliss-reactive ketones (excluding diaryl/α,β-unsaturated/α-hetero) is 1. The molecular formula is C11H18O2. The van der Waals surface area contributed by atoms with E-state index in [0.29, 0.717) is 12.2 Å². The van der Waals surface area contributed by atoms with Crippen LogP contribution < -0.4 is 0 Å². The Kier molecular flexibility index (Phi) is 2.18. The van der Waals surface area contributed by atoms with Crippen molar-refractivity contribution in [2.45, 2.75) is 57.7 Å². The summed E-state index contributed by atoms with van der Waals surface area (Å²) in [6, 6.07) is 0. The summed E-state index contributed by atoms with van der Waals surface area (Å²) in [7, 11) is 0. The fourth-order valence-corrected chi connectivity index (χ4v) is 2.45. The van der Waals surface area contributed by atoms with Crippen LogP contribution in [0.1, 0.15) is 46.0 Å². The average Bonchev–Trinajstić information content (AvgIpc) is 2.79. The van der Waals surface area contributed by atoms with Crippen LogP contribution in [-0.2, 0) is 9.53 Å². The summed E-state index contributed by atoms with van der Waals surface area (Å²) >= 11 is 0. The molecule has 2 nitrogen and oxygen atoms in total. The van der Waals surface area contributed by atoms with E-state index in [-0.39, 0.29) is 11.7 Å². The Bertz CT molecular complexity index is 224. The summed E-state index contributed by atoms with van der Waals surface area (Å²) in [4.78, 5) is 11.7. The number of hydrogen-bond acceptors (Lipinski definition) is 2. The van der Waals surface area contributed by atoms with Crippen LogP contribution in [0.25, 0.3) is 0 Å². The van der Waals surface area contributed by atoms with E-state index in [1.165, 1.54) is 0 Å². The van der Waals surface area contributed by atoms with Gasteiger partial charge in [-0.1, -0.05) is 13.8 Å². The molecule has 3 unspecified atom stereocenters. The standard InChI is InChI=1S/C11H18O2/c1-3-4-9(12)11-6-5-8(2)7-10(11)13-11/h8,10H,3-7H2,1-2H3. The Morgan fingerprint density at radius 2 is 2.38 bits per heavy atom. The van der Waals surface area contributed by atoms with Gasteiger partial charge in [0, 0.05) is 6.42 Å². The highest BCUT2D eigenvalue weighted by Gasteiger charge is 2.62. The lowest BCUT2D eigenvalue weighted by molar-refractivity contribution is -0.124. The number of hydrogen-bond donors (Lipinski definition) is 0. The fourth-order valence-electron chi connectivity index (χ4n) is 2.45. The molecule has 2 aliphatic rings. The summed E-state index contributed by atoms with van der Waals surface area (Å²) in [5.41, 5.74) is -0.303. The number of epoxide rings is 1. The van der Waals surface area contributed by atoms with Gasteiger partial charge in [-0.05, 0) is 31.6 Å². The van der Waals surface area contributed by atoms with E-state index in [1.54, 1.807) is 0 Å². The minimum absolute atomic E-state index is 0.273. The van der Waals surface area contributed by atoms with E-state index in [9.17, 15) is 4.79 Å². The molecule has 74 valence electrons. The molecule has 0 spiro atoms. The van der Waals surface area contributed by atoms with Crippen LogP contribution in [0, 0.1) is 5.92 Å². The van der Waals surface area contributed by atoms with Crippen LogP contribution in [-0.4, -0.2) is 17.5 Å². The first-order chi connectivity index (χ1) is 6.19. The van der Waals surface area contributed by atoms with Gasteiger partial charge in [0.05, 0.1) is 6.10 Å². The van der Waals surface area contributed by atoms with Gasteiger partial charge in [-0.3, -0.25) is 4.79 Å². The van der Waals surface area contributed by atoms with Crippen LogP contribution in [0.15, 0.2) is 0 Å². The largest absolute Gasteiger partial charge is 0.358 e. The SMILES string of the molecule is CCCC(=O)C12CCC(C)CC1O2. The lowest BCUT2D eigenvalue weighted by atomic mass is 9.80. The second-order valence-electron chi connectivity index (χ2n) is 4.55. The minimum Gasteiger partial charge on any atom is -0.358 e. The molecule has 1 saturated carbocycles. The molecule has 0 aromatic carbocycles. The first-order valence-corrected chi connectivity index (χ1v) is 5.40. The summed E-state index contributed by atoms with van der Waals surface area (Å²) in [5.74, 6) is 1.10. The molecule has 1 heterocycles. The summed E-state index contributed by atoms with van der Waals surface area (Å²) in [6.07, 6.45) is 5.14. The zero-order valence-electron chi connectivity index (χ0n) is 8.51. The van der Waals surface area contributed by atoms with Crippen LogP contribution in [0.4, 0.5) is 0 Å². The van der Waals surface area contributed by atoms with Crippen molar-refractivity contribution >= 4 is 5.78 Å². The maximum atomic E-state index is 11.7. The van der Waals surface area contributed by atoms with Crippen molar-refractivity contribution in [2.24, 2.45) is 5.92 Å². The topological polar surface area (TPSA) is 29.6 Å². The van der Waals surface area contributed by atoms with E-state index in [4.69, 9.17) is 4.74 Å². The number of carbonyl (C=O) groups excluding carboxylic acids is 1. The van der Waals surface area contributed by atoms with Gasteiger partial charge in [-0.15, -0.1) is 0 Å². The first kappa shape index (κ1) is 9.20. The Hall–Kier alpha value is -0.370. The number of ether oxygens (including phenoxy) is 1. The summed E-state index contributed by atoms with van der Waals surface area (Å²) < 4.78 is 5.60. The van der Waals surface area contributed by atoms with Gasteiger partial charge in [-0.25, -0.2) is 0 Å². The van der Waals surface area contributed by atoms with Crippen molar-refractivity contribution in [3.63, 3.8) is 0 Å². The Morgan fingerprint density at radius 1 is 1.62 bits per heavy atom. The minimum atomic E-state index is -0.303. The summed E-state index contributed by atoms with van der Waals surface area (Å²) in [6.45, 7) is 4.30. The molecule has 0 radical (unpaired) electrons. The van der Waals surface area contributed by atoms with Crippen molar-refractivity contribution in [3.8, 4) is 0 Å². The second-order valence-corrected chi connectivity index (χ2v) is 4.55. The lowest BCUT2D eigenvalue weighted by Gasteiger charge is -2.20. The van der Waals surface area contributed by atoms with Gasteiger partial charge in [0.25, 0.3) is 0 Å². The van der Waals surface area contributed by atoms with Crippen molar-refractivity contribution < 1.29 is 9.53 Å². The highest BCUT2D eigenvalue weighted by Crippen LogP contribution is 2.50. The molecule has 3 atom stereocenters. The second kappa shape index (κ2) is 3.09. The highest BCUT2D eigenvalue weighted by atomic mass is 16.6. The third-order valence-electron chi connectivity index (χ3n) is 3.39. The quantitative estimate of drug-likeness (QED) is 0.627. The monoisotopic (exact) mass is 182 g/mol.